The fourth-order valence-electron chi connectivity index (χ4n) is 1.92. The van der Waals surface area contributed by atoms with Crippen LogP contribution in [0.4, 0.5) is 0 Å². The van der Waals surface area contributed by atoms with Gasteiger partial charge in [-0.1, -0.05) is 53.4 Å². The highest BCUT2D eigenvalue weighted by atomic mass is 32.2. The molecule has 0 spiro atoms. The average Bonchev–Trinajstić information content (AvgIpc) is 2.95. The number of methoxy groups -OCH3 is 1. The molecule has 112 valence electrons. The molecule has 0 bridgehead atoms. The quantitative estimate of drug-likeness (QED) is 0.482. The number of hydrogen-bond acceptors (Lipinski definition) is 5. The van der Waals surface area contributed by atoms with E-state index in [0.717, 1.165) is 25.5 Å². The molecule has 0 saturated carbocycles. The van der Waals surface area contributed by atoms with Crippen LogP contribution in [0.2, 0.25) is 0 Å². The number of aromatic nitrogens is 2. The second kappa shape index (κ2) is 7.09. The summed E-state index contributed by atoms with van der Waals surface area (Å²) >= 11 is 8.64. The van der Waals surface area contributed by atoms with Crippen LogP contribution < -0.4 is 4.74 Å². The molecule has 3 rings (SSSR count). The van der Waals surface area contributed by atoms with Crippen LogP contribution in [0.5, 0.6) is 5.75 Å². The van der Waals surface area contributed by atoms with Crippen molar-refractivity contribution in [2.45, 2.75) is 10.1 Å². The Hall–Kier alpha value is -1.63. The van der Waals surface area contributed by atoms with E-state index in [9.17, 15) is 0 Å². The molecule has 0 aliphatic carbocycles. The molecule has 0 aliphatic rings. The second-order valence-corrected chi connectivity index (χ2v) is 7.36. The monoisotopic (exact) mass is 346 g/mol. The van der Waals surface area contributed by atoms with Crippen molar-refractivity contribution in [2.24, 2.45) is 0 Å². The van der Waals surface area contributed by atoms with Crippen LogP contribution in [0.25, 0.3) is 5.69 Å². The van der Waals surface area contributed by atoms with E-state index in [0.29, 0.717) is 0 Å². The third-order valence-corrected chi connectivity index (χ3v) is 5.49. The minimum absolute atomic E-state index is 0.767. The van der Waals surface area contributed by atoms with Crippen molar-refractivity contribution in [1.29, 1.82) is 0 Å². The molecule has 0 aliphatic heterocycles. The lowest BCUT2D eigenvalue weighted by molar-refractivity contribution is 0.414. The van der Waals surface area contributed by atoms with Gasteiger partial charge in [0, 0.05) is 5.75 Å². The molecule has 0 N–H and O–H groups in total. The highest BCUT2D eigenvalue weighted by Gasteiger charge is 2.06. The highest BCUT2D eigenvalue weighted by Crippen LogP contribution is 2.27. The fraction of sp³-hybridized carbons (Fsp3) is 0.125. The summed E-state index contributed by atoms with van der Waals surface area (Å²) in [6.07, 6.45) is 0. The first-order valence-corrected chi connectivity index (χ1v) is 8.88. The van der Waals surface area contributed by atoms with Gasteiger partial charge in [0.2, 0.25) is 0 Å². The van der Waals surface area contributed by atoms with Gasteiger partial charge in [-0.3, -0.25) is 0 Å². The van der Waals surface area contributed by atoms with Crippen LogP contribution in [0, 0.1) is 3.95 Å². The van der Waals surface area contributed by atoms with Gasteiger partial charge in [-0.25, -0.2) is 4.68 Å². The number of nitrogens with zero attached hydrogens (tertiary/aromatic N) is 2. The summed E-state index contributed by atoms with van der Waals surface area (Å²) in [5, 5.41) is 4.60. The summed E-state index contributed by atoms with van der Waals surface area (Å²) in [6.45, 7) is 0. The molecule has 22 heavy (non-hydrogen) atoms. The van der Waals surface area contributed by atoms with Gasteiger partial charge in [-0.15, -0.1) is 5.10 Å². The summed E-state index contributed by atoms with van der Waals surface area (Å²) in [7, 11) is 1.67. The van der Waals surface area contributed by atoms with E-state index in [1.54, 1.807) is 30.2 Å². The number of benzene rings is 2. The Balaban J connectivity index is 1.72. The molecule has 0 amide bonds. The first kappa shape index (κ1) is 15.3. The lowest BCUT2D eigenvalue weighted by Crippen LogP contribution is -1.95. The van der Waals surface area contributed by atoms with E-state index in [-0.39, 0.29) is 0 Å². The number of para-hydroxylation sites is 1. The van der Waals surface area contributed by atoms with Crippen molar-refractivity contribution in [2.75, 3.05) is 7.11 Å². The number of ether oxygens (including phenoxy) is 1. The molecule has 6 heteroatoms. The first-order valence-electron chi connectivity index (χ1n) is 6.67. The molecule has 0 radical (unpaired) electrons. The summed E-state index contributed by atoms with van der Waals surface area (Å²) in [4.78, 5) is 0. The van der Waals surface area contributed by atoms with Gasteiger partial charge < -0.3 is 4.74 Å². The topological polar surface area (TPSA) is 27.1 Å². The van der Waals surface area contributed by atoms with Gasteiger partial charge >= 0.3 is 0 Å². The lowest BCUT2D eigenvalue weighted by atomic mass is 10.2. The summed E-state index contributed by atoms with van der Waals surface area (Å²) in [5.41, 5.74) is 2.23. The summed E-state index contributed by atoms with van der Waals surface area (Å²) in [6, 6.07) is 18.1. The average molecular weight is 347 g/mol. The Kier molecular flexibility index (Phi) is 4.92. The fourth-order valence-corrected chi connectivity index (χ4v) is 4.24. The Morgan fingerprint density at radius 3 is 2.55 bits per heavy atom. The van der Waals surface area contributed by atoms with E-state index in [1.165, 1.54) is 5.56 Å². The molecule has 2 aromatic carbocycles. The molecular weight excluding hydrogens is 332 g/mol. The maximum absolute atomic E-state index is 5.41. The van der Waals surface area contributed by atoms with Gasteiger partial charge in [-0.05, 0) is 42.0 Å². The Bertz CT molecular complexity index is 794. The summed E-state index contributed by atoms with van der Waals surface area (Å²) < 4.78 is 8.73. The molecule has 3 aromatic rings. The van der Waals surface area contributed by atoms with E-state index < -0.39 is 0 Å². The molecule has 0 unspecified atom stereocenters. The lowest BCUT2D eigenvalue weighted by Gasteiger charge is -2.02. The third kappa shape index (κ3) is 3.58. The van der Waals surface area contributed by atoms with E-state index in [2.05, 4.69) is 17.2 Å². The largest absolute Gasteiger partial charge is 0.497 e. The van der Waals surface area contributed by atoms with Crippen molar-refractivity contribution >= 4 is 35.3 Å². The smallest absolute Gasteiger partial charge is 0.184 e. The van der Waals surface area contributed by atoms with Crippen molar-refractivity contribution < 1.29 is 4.74 Å². The van der Waals surface area contributed by atoms with Crippen molar-refractivity contribution in [1.82, 2.24) is 9.78 Å². The Labute approximate surface area is 142 Å². The molecule has 0 atom stereocenters. The normalized spacial score (nSPS) is 10.6. The Morgan fingerprint density at radius 2 is 1.86 bits per heavy atom. The van der Waals surface area contributed by atoms with Crippen LogP contribution in [0.1, 0.15) is 5.56 Å². The van der Waals surface area contributed by atoms with Crippen LogP contribution in [-0.4, -0.2) is 16.9 Å². The van der Waals surface area contributed by atoms with Gasteiger partial charge in [-0.2, -0.15) is 0 Å². The predicted molar refractivity (Wildman–Crippen MR) is 94.8 cm³/mol. The minimum Gasteiger partial charge on any atom is -0.497 e. The third-order valence-electron chi connectivity index (χ3n) is 3.05. The van der Waals surface area contributed by atoms with Crippen molar-refractivity contribution in [3.63, 3.8) is 0 Å². The first-order chi connectivity index (χ1) is 10.8. The maximum atomic E-state index is 5.41. The predicted octanol–water partition coefficient (Wildman–Crippen LogP) is 4.96. The van der Waals surface area contributed by atoms with E-state index >= 15 is 0 Å². The molecule has 1 heterocycles. The zero-order chi connectivity index (χ0) is 15.4. The highest BCUT2D eigenvalue weighted by molar-refractivity contribution is 8.00. The van der Waals surface area contributed by atoms with Crippen LogP contribution >= 0.6 is 35.3 Å². The van der Waals surface area contributed by atoms with Crippen LogP contribution in [0.3, 0.4) is 0 Å². The number of rotatable bonds is 5. The SMILES string of the molecule is COc1ccc(CSc2nn(-c3ccccc3)c(=S)s2)cc1. The number of thioether (sulfide) groups is 1. The van der Waals surface area contributed by atoms with E-state index in [1.807, 2.05) is 47.1 Å². The summed E-state index contributed by atoms with van der Waals surface area (Å²) in [5.74, 6) is 1.74. The molecule has 3 nitrogen and oxygen atoms in total. The molecule has 0 saturated heterocycles. The van der Waals surface area contributed by atoms with Gasteiger partial charge in [0.05, 0.1) is 12.8 Å². The standard InChI is InChI=1S/C16H14N2OS3/c1-19-14-9-7-12(8-10-14)11-21-15-17-18(16(20)22-15)13-5-3-2-4-6-13/h2-10H,11H2,1H3. The Morgan fingerprint density at radius 1 is 1.14 bits per heavy atom. The molecule has 0 fully saturated rings. The number of hydrogen-bond donors (Lipinski definition) is 0. The second-order valence-electron chi connectivity index (χ2n) is 4.52. The van der Waals surface area contributed by atoms with Crippen LogP contribution in [0.15, 0.2) is 58.9 Å². The maximum Gasteiger partial charge on any atom is 0.184 e. The van der Waals surface area contributed by atoms with E-state index in [4.69, 9.17) is 17.0 Å². The zero-order valence-corrected chi connectivity index (χ0v) is 14.4. The van der Waals surface area contributed by atoms with Gasteiger partial charge in [0.25, 0.3) is 0 Å². The van der Waals surface area contributed by atoms with Gasteiger partial charge in [0.15, 0.2) is 8.29 Å². The minimum atomic E-state index is 0.767. The zero-order valence-electron chi connectivity index (χ0n) is 11.9. The van der Waals surface area contributed by atoms with Crippen molar-refractivity contribution in [3.05, 3.63) is 64.1 Å². The molecular formula is C16H14N2OS3. The van der Waals surface area contributed by atoms with Gasteiger partial charge in [0.1, 0.15) is 5.75 Å². The van der Waals surface area contributed by atoms with Crippen LogP contribution in [-0.2, 0) is 5.75 Å². The molecule has 1 aromatic heterocycles. The van der Waals surface area contributed by atoms with Crippen molar-refractivity contribution in [3.8, 4) is 11.4 Å².